The summed E-state index contributed by atoms with van der Waals surface area (Å²) in [5, 5.41) is 4.11. The highest BCUT2D eigenvalue weighted by Gasteiger charge is 2.12. The highest BCUT2D eigenvalue weighted by Crippen LogP contribution is 2.24. The van der Waals surface area contributed by atoms with Crippen molar-refractivity contribution in [2.24, 2.45) is 0 Å². The summed E-state index contributed by atoms with van der Waals surface area (Å²) in [6, 6.07) is 5.78. The van der Waals surface area contributed by atoms with Crippen molar-refractivity contribution in [3.63, 3.8) is 0 Å². The largest absolute Gasteiger partial charge is 0.496 e. The number of hydrogen-bond donors (Lipinski definition) is 1. The van der Waals surface area contributed by atoms with Crippen LogP contribution in [-0.4, -0.2) is 38.2 Å². The minimum absolute atomic E-state index is 0.769. The number of rotatable bonds is 3. The van der Waals surface area contributed by atoms with Gasteiger partial charge in [-0.05, 0) is 18.2 Å². The molecule has 2 rings (SSSR count). The standard InChI is InChI=1S/C12H17ClN2O/c1-16-12-3-2-11(13)8-10(12)9-15-6-4-14-5-7-15/h2-3,8,14H,4-7,9H2,1H3. The van der Waals surface area contributed by atoms with E-state index < -0.39 is 0 Å². The maximum absolute atomic E-state index is 6.01. The Bertz CT molecular complexity index is 351. The Labute approximate surface area is 101 Å². The lowest BCUT2D eigenvalue weighted by Gasteiger charge is -2.27. The number of nitrogens with one attached hydrogen (secondary N) is 1. The molecule has 3 nitrogen and oxygen atoms in total. The summed E-state index contributed by atoms with van der Waals surface area (Å²) in [5.41, 5.74) is 1.16. The van der Waals surface area contributed by atoms with E-state index in [9.17, 15) is 0 Å². The Morgan fingerprint density at radius 1 is 1.38 bits per heavy atom. The lowest BCUT2D eigenvalue weighted by molar-refractivity contribution is 0.230. The number of halogens is 1. The van der Waals surface area contributed by atoms with Gasteiger partial charge < -0.3 is 10.1 Å². The van der Waals surface area contributed by atoms with E-state index in [-0.39, 0.29) is 0 Å². The van der Waals surface area contributed by atoms with Gasteiger partial charge in [-0.2, -0.15) is 0 Å². The minimum atomic E-state index is 0.769. The van der Waals surface area contributed by atoms with Gasteiger partial charge in [0, 0.05) is 43.3 Å². The van der Waals surface area contributed by atoms with E-state index in [0.29, 0.717) is 0 Å². The van der Waals surface area contributed by atoms with Crippen molar-refractivity contribution >= 4 is 11.6 Å². The Balaban J connectivity index is 2.09. The van der Waals surface area contributed by atoms with E-state index >= 15 is 0 Å². The van der Waals surface area contributed by atoms with Gasteiger partial charge in [0.2, 0.25) is 0 Å². The molecule has 0 bridgehead atoms. The highest BCUT2D eigenvalue weighted by atomic mass is 35.5. The van der Waals surface area contributed by atoms with Gasteiger partial charge in [0.25, 0.3) is 0 Å². The van der Waals surface area contributed by atoms with Crippen LogP contribution >= 0.6 is 11.6 Å². The molecule has 88 valence electrons. The molecule has 0 saturated carbocycles. The average Bonchev–Trinajstić information content (AvgIpc) is 2.31. The Morgan fingerprint density at radius 2 is 2.12 bits per heavy atom. The lowest BCUT2D eigenvalue weighted by Crippen LogP contribution is -2.42. The van der Waals surface area contributed by atoms with Crippen molar-refractivity contribution in [3.8, 4) is 5.75 Å². The first-order valence-electron chi connectivity index (χ1n) is 5.55. The van der Waals surface area contributed by atoms with Crippen LogP contribution in [0.5, 0.6) is 5.75 Å². The second-order valence-electron chi connectivity index (χ2n) is 3.98. The quantitative estimate of drug-likeness (QED) is 0.872. The van der Waals surface area contributed by atoms with Crippen LogP contribution in [0.4, 0.5) is 0 Å². The van der Waals surface area contributed by atoms with Crippen LogP contribution in [0.3, 0.4) is 0 Å². The number of ether oxygens (including phenoxy) is 1. The topological polar surface area (TPSA) is 24.5 Å². The summed E-state index contributed by atoms with van der Waals surface area (Å²) < 4.78 is 5.34. The SMILES string of the molecule is COc1ccc(Cl)cc1CN1CCNCC1. The molecule has 0 unspecified atom stereocenters. The molecule has 0 spiro atoms. The second kappa shape index (κ2) is 5.53. The van der Waals surface area contributed by atoms with E-state index in [0.717, 1.165) is 49.1 Å². The van der Waals surface area contributed by atoms with Crippen LogP contribution in [0.25, 0.3) is 0 Å². The maximum Gasteiger partial charge on any atom is 0.123 e. The van der Waals surface area contributed by atoms with Crippen molar-refractivity contribution in [3.05, 3.63) is 28.8 Å². The number of hydrogen-bond acceptors (Lipinski definition) is 3. The first kappa shape index (κ1) is 11.7. The molecule has 1 saturated heterocycles. The normalized spacial score (nSPS) is 17.4. The Kier molecular flexibility index (Phi) is 4.04. The van der Waals surface area contributed by atoms with Crippen molar-refractivity contribution < 1.29 is 4.74 Å². The minimum Gasteiger partial charge on any atom is -0.496 e. The zero-order valence-corrected chi connectivity index (χ0v) is 10.3. The molecule has 0 amide bonds. The molecule has 1 aliphatic rings. The molecule has 1 aromatic rings. The van der Waals surface area contributed by atoms with Gasteiger partial charge in [0.05, 0.1) is 7.11 Å². The van der Waals surface area contributed by atoms with Crippen molar-refractivity contribution in [2.75, 3.05) is 33.3 Å². The maximum atomic E-state index is 6.01. The van der Waals surface area contributed by atoms with Crippen LogP contribution in [-0.2, 0) is 6.54 Å². The summed E-state index contributed by atoms with van der Waals surface area (Å²) >= 11 is 6.01. The monoisotopic (exact) mass is 240 g/mol. The molecule has 16 heavy (non-hydrogen) atoms. The molecular weight excluding hydrogens is 224 g/mol. The zero-order chi connectivity index (χ0) is 11.4. The fourth-order valence-corrected chi connectivity index (χ4v) is 2.18. The zero-order valence-electron chi connectivity index (χ0n) is 9.50. The van der Waals surface area contributed by atoms with E-state index in [2.05, 4.69) is 10.2 Å². The van der Waals surface area contributed by atoms with Gasteiger partial charge in [0.15, 0.2) is 0 Å². The molecule has 0 atom stereocenters. The molecule has 0 aliphatic carbocycles. The first-order valence-corrected chi connectivity index (χ1v) is 5.93. The summed E-state index contributed by atoms with van der Waals surface area (Å²) in [6.45, 7) is 5.18. The van der Waals surface area contributed by atoms with Gasteiger partial charge in [-0.25, -0.2) is 0 Å². The van der Waals surface area contributed by atoms with Gasteiger partial charge in [-0.1, -0.05) is 11.6 Å². The highest BCUT2D eigenvalue weighted by molar-refractivity contribution is 6.30. The molecule has 1 fully saturated rings. The van der Waals surface area contributed by atoms with Crippen LogP contribution in [0.15, 0.2) is 18.2 Å². The molecule has 1 heterocycles. The second-order valence-corrected chi connectivity index (χ2v) is 4.42. The van der Waals surface area contributed by atoms with Crippen molar-refractivity contribution in [1.29, 1.82) is 0 Å². The van der Waals surface area contributed by atoms with Crippen LogP contribution in [0, 0.1) is 0 Å². The molecule has 1 aliphatic heterocycles. The molecule has 0 aromatic heterocycles. The third-order valence-electron chi connectivity index (χ3n) is 2.85. The smallest absolute Gasteiger partial charge is 0.123 e. The van der Waals surface area contributed by atoms with E-state index in [1.165, 1.54) is 0 Å². The third-order valence-corrected chi connectivity index (χ3v) is 3.08. The number of benzene rings is 1. The summed E-state index contributed by atoms with van der Waals surface area (Å²) in [7, 11) is 1.70. The van der Waals surface area contributed by atoms with Gasteiger partial charge in [0.1, 0.15) is 5.75 Å². The predicted octanol–water partition coefficient (Wildman–Crippen LogP) is 1.75. The number of nitrogens with zero attached hydrogens (tertiary/aromatic N) is 1. The lowest BCUT2D eigenvalue weighted by atomic mass is 10.1. The molecule has 1 aromatic carbocycles. The van der Waals surface area contributed by atoms with Crippen LogP contribution < -0.4 is 10.1 Å². The van der Waals surface area contributed by atoms with Crippen molar-refractivity contribution in [1.82, 2.24) is 10.2 Å². The van der Waals surface area contributed by atoms with Crippen LogP contribution in [0.2, 0.25) is 5.02 Å². The van der Waals surface area contributed by atoms with Crippen LogP contribution in [0.1, 0.15) is 5.56 Å². The fourth-order valence-electron chi connectivity index (χ4n) is 1.98. The number of methoxy groups -OCH3 is 1. The number of piperazine rings is 1. The van der Waals surface area contributed by atoms with Gasteiger partial charge >= 0.3 is 0 Å². The molecule has 1 N–H and O–H groups in total. The summed E-state index contributed by atoms with van der Waals surface area (Å²) in [4.78, 5) is 2.41. The van der Waals surface area contributed by atoms with E-state index in [1.54, 1.807) is 7.11 Å². The third kappa shape index (κ3) is 2.88. The van der Waals surface area contributed by atoms with E-state index in [1.807, 2.05) is 18.2 Å². The molecule has 0 radical (unpaired) electrons. The van der Waals surface area contributed by atoms with Gasteiger partial charge in [-0.15, -0.1) is 0 Å². The Hall–Kier alpha value is -0.770. The predicted molar refractivity (Wildman–Crippen MR) is 66.2 cm³/mol. The fraction of sp³-hybridized carbons (Fsp3) is 0.500. The molecular formula is C12H17ClN2O. The van der Waals surface area contributed by atoms with Gasteiger partial charge in [-0.3, -0.25) is 4.90 Å². The van der Waals surface area contributed by atoms with E-state index in [4.69, 9.17) is 16.3 Å². The first-order chi connectivity index (χ1) is 7.79. The molecule has 4 heteroatoms. The summed E-state index contributed by atoms with van der Waals surface area (Å²) in [5.74, 6) is 0.919. The average molecular weight is 241 g/mol. The Morgan fingerprint density at radius 3 is 2.81 bits per heavy atom. The summed E-state index contributed by atoms with van der Waals surface area (Å²) in [6.07, 6.45) is 0. The van der Waals surface area contributed by atoms with Crippen molar-refractivity contribution in [2.45, 2.75) is 6.54 Å².